The van der Waals surface area contributed by atoms with E-state index in [9.17, 15) is 4.79 Å². The van der Waals surface area contributed by atoms with Crippen molar-refractivity contribution in [2.24, 2.45) is 5.92 Å². The van der Waals surface area contributed by atoms with Gasteiger partial charge >= 0.3 is 0 Å². The zero-order valence-corrected chi connectivity index (χ0v) is 13.3. The number of amides is 1. The lowest BCUT2D eigenvalue weighted by Crippen LogP contribution is -2.51. The summed E-state index contributed by atoms with van der Waals surface area (Å²) in [6.07, 6.45) is 3.29. The smallest absolute Gasteiger partial charge is 0.236 e. The van der Waals surface area contributed by atoms with E-state index in [4.69, 9.17) is 9.26 Å². The molecular weight excluding hydrogens is 284 g/mol. The van der Waals surface area contributed by atoms with Crippen LogP contribution in [0.15, 0.2) is 4.52 Å². The van der Waals surface area contributed by atoms with E-state index >= 15 is 0 Å². The van der Waals surface area contributed by atoms with Gasteiger partial charge in [-0.15, -0.1) is 0 Å². The number of nitrogens with zero attached hydrogens (tertiary/aromatic N) is 4. The lowest BCUT2D eigenvalue weighted by atomic mass is 10.00. The van der Waals surface area contributed by atoms with E-state index in [1.54, 1.807) is 0 Å². The summed E-state index contributed by atoms with van der Waals surface area (Å²) in [5.41, 5.74) is 0. The molecule has 2 heterocycles. The normalized spacial score (nSPS) is 18.8. The second-order valence-electron chi connectivity index (χ2n) is 6.55. The molecule has 0 atom stereocenters. The SMILES string of the molecule is CN(C)CC(=O)N1CC(c2nc(CCOCC3CC3)no2)C1. The predicted molar refractivity (Wildman–Crippen MR) is 79.4 cm³/mol. The van der Waals surface area contributed by atoms with Crippen molar-refractivity contribution in [2.45, 2.75) is 25.2 Å². The molecule has 1 aromatic heterocycles. The van der Waals surface area contributed by atoms with Crippen molar-refractivity contribution in [3.05, 3.63) is 11.7 Å². The molecule has 0 radical (unpaired) electrons. The molecule has 0 aromatic carbocycles. The number of likely N-dealkylation sites (tertiary alicyclic amines) is 1. The summed E-state index contributed by atoms with van der Waals surface area (Å²) >= 11 is 0. The summed E-state index contributed by atoms with van der Waals surface area (Å²) < 4.78 is 10.9. The molecule has 122 valence electrons. The Hall–Kier alpha value is -1.47. The van der Waals surface area contributed by atoms with Crippen molar-refractivity contribution in [3.8, 4) is 0 Å². The first-order valence-electron chi connectivity index (χ1n) is 7.94. The van der Waals surface area contributed by atoms with E-state index in [0.717, 1.165) is 12.5 Å². The molecule has 22 heavy (non-hydrogen) atoms. The highest BCUT2D eigenvalue weighted by molar-refractivity contribution is 5.79. The van der Waals surface area contributed by atoms with Crippen molar-refractivity contribution in [3.63, 3.8) is 0 Å². The molecule has 0 bridgehead atoms. The van der Waals surface area contributed by atoms with Crippen molar-refractivity contribution >= 4 is 5.91 Å². The Kier molecular flexibility index (Phi) is 4.73. The number of likely N-dealkylation sites (N-methyl/N-ethyl adjacent to an activating group) is 1. The van der Waals surface area contributed by atoms with Gasteiger partial charge in [0.2, 0.25) is 11.8 Å². The fourth-order valence-corrected chi connectivity index (χ4v) is 2.44. The monoisotopic (exact) mass is 308 g/mol. The van der Waals surface area contributed by atoms with Crippen molar-refractivity contribution in [2.75, 3.05) is 46.9 Å². The van der Waals surface area contributed by atoms with Crippen LogP contribution in [0.1, 0.15) is 30.5 Å². The minimum atomic E-state index is 0.148. The molecule has 1 saturated carbocycles. The third kappa shape index (κ3) is 4.04. The van der Waals surface area contributed by atoms with Crippen molar-refractivity contribution in [1.29, 1.82) is 0 Å². The number of carbonyl (C=O) groups is 1. The highest BCUT2D eigenvalue weighted by Gasteiger charge is 2.35. The Labute approximate surface area is 130 Å². The number of rotatable bonds is 8. The van der Waals surface area contributed by atoms with Crippen LogP contribution in [0.3, 0.4) is 0 Å². The molecule has 0 N–H and O–H groups in total. The molecule has 0 unspecified atom stereocenters. The van der Waals surface area contributed by atoms with Crippen LogP contribution in [-0.4, -0.2) is 72.8 Å². The molecule has 1 saturated heterocycles. The van der Waals surface area contributed by atoms with Gasteiger partial charge in [0, 0.05) is 26.1 Å². The maximum Gasteiger partial charge on any atom is 0.236 e. The number of aromatic nitrogens is 2. The molecule has 1 aliphatic carbocycles. The fourth-order valence-electron chi connectivity index (χ4n) is 2.44. The van der Waals surface area contributed by atoms with Crippen molar-refractivity contribution in [1.82, 2.24) is 19.9 Å². The van der Waals surface area contributed by atoms with Crippen molar-refractivity contribution < 1.29 is 14.1 Å². The van der Waals surface area contributed by atoms with Gasteiger partial charge in [0.1, 0.15) is 0 Å². The van der Waals surface area contributed by atoms with Crippen LogP contribution in [0.2, 0.25) is 0 Å². The third-order valence-corrected chi connectivity index (χ3v) is 4.04. The van der Waals surface area contributed by atoms with Gasteiger partial charge in [-0.05, 0) is 32.9 Å². The van der Waals surface area contributed by atoms with E-state index in [0.29, 0.717) is 44.4 Å². The van der Waals surface area contributed by atoms with Gasteiger partial charge in [0.15, 0.2) is 5.82 Å². The van der Waals surface area contributed by atoms with Crippen LogP contribution < -0.4 is 0 Å². The minimum absolute atomic E-state index is 0.148. The average molecular weight is 308 g/mol. The number of hydrogen-bond acceptors (Lipinski definition) is 6. The molecule has 1 aromatic rings. The van der Waals surface area contributed by atoms with Gasteiger partial charge in [-0.25, -0.2) is 0 Å². The maximum absolute atomic E-state index is 11.9. The van der Waals surface area contributed by atoms with E-state index < -0.39 is 0 Å². The summed E-state index contributed by atoms with van der Waals surface area (Å²) in [6.45, 7) is 3.29. The van der Waals surface area contributed by atoms with Crippen LogP contribution in [0.25, 0.3) is 0 Å². The first kappa shape index (κ1) is 15.4. The predicted octanol–water partition coefficient (Wildman–Crippen LogP) is 0.526. The number of hydrogen-bond donors (Lipinski definition) is 0. The molecule has 2 fully saturated rings. The largest absolute Gasteiger partial charge is 0.381 e. The second-order valence-corrected chi connectivity index (χ2v) is 6.55. The fraction of sp³-hybridized carbons (Fsp3) is 0.800. The van der Waals surface area contributed by atoms with Gasteiger partial charge in [0.25, 0.3) is 0 Å². The van der Waals surface area contributed by atoms with Crippen LogP contribution in [-0.2, 0) is 16.0 Å². The zero-order valence-electron chi connectivity index (χ0n) is 13.3. The van der Waals surface area contributed by atoms with Crippen LogP contribution >= 0.6 is 0 Å². The Morgan fingerprint density at radius 3 is 2.86 bits per heavy atom. The Balaban J connectivity index is 1.37. The van der Waals surface area contributed by atoms with Gasteiger partial charge < -0.3 is 19.1 Å². The Morgan fingerprint density at radius 1 is 1.41 bits per heavy atom. The van der Waals surface area contributed by atoms with Gasteiger partial charge in [-0.1, -0.05) is 5.16 Å². The van der Waals surface area contributed by atoms with Crippen LogP contribution in [0, 0.1) is 5.92 Å². The van der Waals surface area contributed by atoms with E-state index in [1.807, 2.05) is 23.9 Å². The highest BCUT2D eigenvalue weighted by atomic mass is 16.5. The third-order valence-electron chi connectivity index (χ3n) is 4.04. The Bertz CT molecular complexity index is 507. The Morgan fingerprint density at radius 2 is 2.18 bits per heavy atom. The second kappa shape index (κ2) is 6.75. The average Bonchev–Trinajstić information content (AvgIpc) is 3.11. The maximum atomic E-state index is 11.9. The number of carbonyl (C=O) groups excluding carboxylic acids is 1. The summed E-state index contributed by atoms with van der Waals surface area (Å²) in [5, 5.41) is 3.99. The summed E-state index contributed by atoms with van der Waals surface area (Å²) in [7, 11) is 3.79. The quantitative estimate of drug-likeness (QED) is 0.652. The van der Waals surface area contributed by atoms with E-state index in [-0.39, 0.29) is 11.8 Å². The first-order chi connectivity index (χ1) is 10.6. The van der Waals surface area contributed by atoms with Gasteiger partial charge in [-0.2, -0.15) is 4.98 Å². The summed E-state index contributed by atoms with van der Waals surface area (Å²) in [5.74, 6) is 2.45. The zero-order chi connectivity index (χ0) is 15.5. The molecule has 1 aliphatic heterocycles. The van der Waals surface area contributed by atoms with E-state index in [1.165, 1.54) is 12.8 Å². The topological polar surface area (TPSA) is 71.7 Å². The van der Waals surface area contributed by atoms with Crippen LogP contribution in [0.4, 0.5) is 0 Å². The highest BCUT2D eigenvalue weighted by Crippen LogP contribution is 2.29. The molecule has 7 heteroatoms. The summed E-state index contributed by atoms with van der Waals surface area (Å²) in [6, 6.07) is 0. The lowest BCUT2D eigenvalue weighted by molar-refractivity contribution is -0.136. The van der Waals surface area contributed by atoms with E-state index in [2.05, 4.69) is 10.1 Å². The molecular formula is C15H24N4O3. The standard InChI is InChI=1S/C15H24N4O3/c1-18(2)9-14(20)19-7-12(8-19)15-16-13(17-22-15)5-6-21-10-11-3-4-11/h11-12H,3-10H2,1-2H3. The molecule has 0 spiro atoms. The molecule has 7 nitrogen and oxygen atoms in total. The molecule has 3 rings (SSSR count). The minimum Gasteiger partial charge on any atom is -0.381 e. The van der Waals surface area contributed by atoms with Crippen LogP contribution in [0.5, 0.6) is 0 Å². The molecule has 2 aliphatic rings. The molecule has 1 amide bonds. The lowest BCUT2D eigenvalue weighted by Gasteiger charge is -2.37. The summed E-state index contributed by atoms with van der Waals surface area (Å²) in [4.78, 5) is 20.0. The van der Waals surface area contributed by atoms with Gasteiger partial charge in [0.05, 0.1) is 19.1 Å². The van der Waals surface area contributed by atoms with Gasteiger partial charge in [-0.3, -0.25) is 4.79 Å². The first-order valence-corrected chi connectivity index (χ1v) is 7.94. The number of ether oxygens (including phenoxy) is 1.